The Bertz CT molecular complexity index is 182. The van der Waals surface area contributed by atoms with Crippen molar-refractivity contribution in [1.82, 2.24) is 0 Å². The lowest BCUT2D eigenvalue weighted by Gasteiger charge is -1.98. The van der Waals surface area contributed by atoms with E-state index in [0.29, 0.717) is 10.6 Å². The molecule has 0 bridgehead atoms. The Labute approximate surface area is 65.1 Å². The van der Waals surface area contributed by atoms with E-state index >= 15 is 0 Å². The van der Waals surface area contributed by atoms with Gasteiger partial charge in [-0.05, 0) is 6.92 Å². The largest absolute Gasteiger partial charge is 0.466 e. The van der Waals surface area contributed by atoms with Crippen LogP contribution >= 0.6 is 11.6 Å². The highest BCUT2D eigenvalue weighted by atomic mass is 35.5. The van der Waals surface area contributed by atoms with E-state index in [1.807, 2.05) is 0 Å². The first-order valence-corrected chi connectivity index (χ1v) is 3.08. The van der Waals surface area contributed by atoms with Crippen molar-refractivity contribution in [3.8, 4) is 0 Å². The lowest BCUT2D eigenvalue weighted by molar-refractivity contribution is -0.136. The smallest absolute Gasteiger partial charge is 0.334 e. The van der Waals surface area contributed by atoms with Crippen LogP contribution in [0.4, 0.5) is 0 Å². The molecule has 0 aromatic rings. The number of allylic oxidation sites excluding steroid dienone is 2. The Morgan fingerprint density at radius 3 is 2.50 bits per heavy atom. The number of carbonyl (C=O) groups excluding carboxylic acids is 1. The Morgan fingerprint density at radius 1 is 1.70 bits per heavy atom. The van der Waals surface area contributed by atoms with E-state index in [4.69, 9.17) is 11.6 Å². The molecule has 0 unspecified atom stereocenters. The number of rotatable bonds is 2. The van der Waals surface area contributed by atoms with Crippen LogP contribution in [0.5, 0.6) is 0 Å². The molecule has 0 fully saturated rings. The molecule has 0 aromatic carbocycles. The van der Waals surface area contributed by atoms with E-state index < -0.39 is 5.97 Å². The quantitative estimate of drug-likeness (QED) is 0.350. The van der Waals surface area contributed by atoms with Gasteiger partial charge in [-0.3, -0.25) is 0 Å². The number of esters is 1. The molecule has 0 aliphatic rings. The molecule has 0 amide bonds. The summed E-state index contributed by atoms with van der Waals surface area (Å²) in [5, 5.41) is 0.326. The Kier molecular flexibility index (Phi) is 3.81. The molecule has 0 aromatic heterocycles. The van der Waals surface area contributed by atoms with Crippen LogP contribution in [0, 0.1) is 0 Å². The van der Waals surface area contributed by atoms with Gasteiger partial charge >= 0.3 is 5.97 Å². The third-order valence-corrected chi connectivity index (χ3v) is 1.47. The van der Waals surface area contributed by atoms with E-state index in [0.717, 1.165) is 0 Å². The summed E-state index contributed by atoms with van der Waals surface area (Å²) in [6.45, 7) is 4.98. The predicted molar refractivity (Wildman–Crippen MR) is 40.8 cm³/mol. The van der Waals surface area contributed by atoms with Crippen LogP contribution in [0.3, 0.4) is 0 Å². The van der Waals surface area contributed by atoms with Gasteiger partial charge in [-0.15, -0.1) is 0 Å². The molecule has 0 heterocycles. The molecule has 0 atom stereocenters. The summed E-state index contributed by atoms with van der Waals surface area (Å²) in [6.07, 6.45) is 1.40. The maximum absolute atomic E-state index is 10.7. The molecular weight excluding hydrogens is 152 g/mol. The lowest BCUT2D eigenvalue weighted by atomic mass is 10.3. The van der Waals surface area contributed by atoms with Crippen molar-refractivity contribution in [2.24, 2.45) is 0 Å². The first-order chi connectivity index (χ1) is 4.63. The first-order valence-electron chi connectivity index (χ1n) is 2.70. The van der Waals surface area contributed by atoms with Crippen molar-refractivity contribution < 1.29 is 9.53 Å². The SMILES string of the molecule is C=C/C(Cl)=C(/C)C(=O)OC. The molecule has 2 nitrogen and oxygen atoms in total. The second kappa shape index (κ2) is 4.12. The highest BCUT2D eigenvalue weighted by Crippen LogP contribution is 2.10. The van der Waals surface area contributed by atoms with Crippen LogP contribution in [-0.4, -0.2) is 13.1 Å². The van der Waals surface area contributed by atoms with Gasteiger partial charge in [-0.25, -0.2) is 4.79 Å². The van der Waals surface area contributed by atoms with Gasteiger partial charge in [0, 0.05) is 0 Å². The highest BCUT2D eigenvalue weighted by Gasteiger charge is 2.05. The highest BCUT2D eigenvalue weighted by molar-refractivity contribution is 6.33. The van der Waals surface area contributed by atoms with Crippen molar-refractivity contribution in [3.63, 3.8) is 0 Å². The minimum Gasteiger partial charge on any atom is -0.466 e. The van der Waals surface area contributed by atoms with Crippen molar-refractivity contribution in [2.75, 3.05) is 7.11 Å². The third-order valence-electron chi connectivity index (χ3n) is 1.03. The van der Waals surface area contributed by atoms with Gasteiger partial charge in [0.25, 0.3) is 0 Å². The van der Waals surface area contributed by atoms with Gasteiger partial charge in [0.2, 0.25) is 0 Å². The van der Waals surface area contributed by atoms with Crippen LogP contribution < -0.4 is 0 Å². The summed E-state index contributed by atoms with van der Waals surface area (Å²) in [5.41, 5.74) is 0.374. The molecule has 0 aliphatic carbocycles. The van der Waals surface area contributed by atoms with Crippen LogP contribution in [0.1, 0.15) is 6.92 Å². The number of halogens is 1. The molecule has 0 aliphatic heterocycles. The number of hydrogen-bond donors (Lipinski definition) is 0. The summed E-state index contributed by atoms with van der Waals surface area (Å²) in [7, 11) is 1.30. The minimum absolute atomic E-state index is 0.326. The van der Waals surface area contributed by atoms with Gasteiger partial charge in [0.15, 0.2) is 0 Å². The summed E-state index contributed by atoms with van der Waals surface area (Å²) >= 11 is 5.55. The zero-order valence-corrected chi connectivity index (χ0v) is 6.73. The van der Waals surface area contributed by atoms with E-state index in [9.17, 15) is 4.79 Å². The van der Waals surface area contributed by atoms with E-state index in [2.05, 4.69) is 11.3 Å². The number of methoxy groups -OCH3 is 1. The second-order valence-corrected chi connectivity index (χ2v) is 2.08. The molecule has 0 saturated heterocycles. The van der Waals surface area contributed by atoms with Gasteiger partial charge in [0.1, 0.15) is 0 Å². The fourth-order valence-corrected chi connectivity index (χ4v) is 0.481. The summed E-state index contributed by atoms with van der Waals surface area (Å²) in [6, 6.07) is 0. The van der Waals surface area contributed by atoms with E-state index in [1.165, 1.54) is 13.2 Å². The zero-order valence-electron chi connectivity index (χ0n) is 5.98. The van der Waals surface area contributed by atoms with Crippen LogP contribution in [-0.2, 0) is 9.53 Å². The Balaban J connectivity index is 4.45. The average Bonchev–Trinajstić information content (AvgIpc) is 2.00. The van der Waals surface area contributed by atoms with Gasteiger partial charge in [0.05, 0.1) is 17.7 Å². The maximum atomic E-state index is 10.7. The second-order valence-electron chi connectivity index (χ2n) is 1.67. The predicted octanol–water partition coefficient (Wildman–Crippen LogP) is 1.86. The Morgan fingerprint density at radius 2 is 2.20 bits per heavy atom. The fourth-order valence-electron chi connectivity index (χ4n) is 0.404. The maximum Gasteiger partial charge on any atom is 0.334 e. The molecule has 0 N–H and O–H groups in total. The molecular formula is C7H9ClO2. The normalized spacial score (nSPS) is 11.9. The fraction of sp³-hybridized carbons (Fsp3) is 0.286. The molecule has 0 rings (SSSR count). The summed E-state index contributed by atoms with van der Waals surface area (Å²) < 4.78 is 4.41. The number of carbonyl (C=O) groups is 1. The lowest BCUT2D eigenvalue weighted by Crippen LogP contribution is -2.02. The summed E-state index contributed by atoms with van der Waals surface area (Å²) in [4.78, 5) is 10.7. The molecule has 0 radical (unpaired) electrons. The van der Waals surface area contributed by atoms with Gasteiger partial charge < -0.3 is 4.74 Å². The first kappa shape index (κ1) is 9.24. The van der Waals surface area contributed by atoms with Crippen molar-refractivity contribution in [2.45, 2.75) is 6.92 Å². The Hall–Kier alpha value is -0.760. The molecule has 0 spiro atoms. The van der Waals surface area contributed by atoms with Crippen molar-refractivity contribution >= 4 is 17.6 Å². The third kappa shape index (κ3) is 2.23. The average molecular weight is 161 g/mol. The molecule has 10 heavy (non-hydrogen) atoms. The van der Waals surface area contributed by atoms with Crippen molar-refractivity contribution in [1.29, 1.82) is 0 Å². The minimum atomic E-state index is -0.426. The molecule has 3 heteroatoms. The van der Waals surface area contributed by atoms with Gasteiger partial charge in [-0.2, -0.15) is 0 Å². The zero-order chi connectivity index (χ0) is 8.15. The molecule has 0 saturated carbocycles. The molecule has 56 valence electrons. The van der Waals surface area contributed by atoms with Crippen molar-refractivity contribution in [3.05, 3.63) is 23.3 Å². The van der Waals surface area contributed by atoms with E-state index in [-0.39, 0.29) is 0 Å². The van der Waals surface area contributed by atoms with Gasteiger partial charge in [-0.1, -0.05) is 24.3 Å². The van der Waals surface area contributed by atoms with Crippen LogP contribution in [0.25, 0.3) is 0 Å². The monoisotopic (exact) mass is 160 g/mol. The standard InChI is InChI=1S/C7H9ClO2/c1-4-6(8)5(2)7(9)10-3/h4H,1H2,2-3H3/b6-5+. The topological polar surface area (TPSA) is 26.3 Å². The van der Waals surface area contributed by atoms with Crippen LogP contribution in [0.15, 0.2) is 23.3 Å². The summed E-state index contributed by atoms with van der Waals surface area (Å²) in [5.74, 6) is -0.426. The number of ether oxygens (including phenoxy) is 1. The van der Waals surface area contributed by atoms with Crippen LogP contribution in [0.2, 0.25) is 0 Å². The number of hydrogen-bond acceptors (Lipinski definition) is 2. The van der Waals surface area contributed by atoms with E-state index in [1.54, 1.807) is 6.92 Å².